The van der Waals surface area contributed by atoms with Crippen LogP contribution >= 0.6 is 11.3 Å². The second-order valence-corrected chi connectivity index (χ2v) is 5.19. The van der Waals surface area contributed by atoms with E-state index in [1.165, 1.54) is 0 Å². The van der Waals surface area contributed by atoms with Crippen molar-refractivity contribution in [2.45, 2.75) is 13.0 Å². The zero-order valence-corrected chi connectivity index (χ0v) is 12.2. The molecule has 1 heterocycles. The lowest BCUT2D eigenvalue weighted by atomic mass is 10.2. The number of nitriles is 1. The maximum absolute atomic E-state index is 10.5. The van der Waals surface area contributed by atoms with Gasteiger partial charge in [-0.2, -0.15) is 5.26 Å². The first kappa shape index (κ1) is 16.4. The van der Waals surface area contributed by atoms with Gasteiger partial charge in [0.05, 0.1) is 12.7 Å². The number of nitrogens with zero attached hydrogens (tertiary/aromatic N) is 2. The van der Waals surface area contributed by atoms with Gasteiger partial charge in [-0.15, -0.1) is 11.3 Å². The lowest BCUT2D eigenvalue weighted by Crippen LogP contribution is -2.27. The fraction of sp³-hybridized carbons (Fsp3) is 0.429. The van der Waals surface area contributed by atoms with Gasteiger partial charge in [-0.25, -0.2) is 4.79 Å². The molecule has 0 radical (unpaired) electrons. The third kappa shape index (κ3) is 6.48. The highest BCUT2D eigenvalue weighted by molar-refractivity contribution is 7.10. The van der Waals surface area contributed by atoms with Crippen LogP contribution < -0.4 is 0 Å². The number of aliphatic carboxylic acids is 1. The normalized spacial score (nSPS) is 11.1. The van der Waals surface area contributed by atoms with Crippen LogP contribution in [0.2, 0.25) is 0 Å². The Labute approximate surface area is 122 Å². The number of ether oxygens (including phenoxy) is 1. The summed E-state index contributed by atoms with van der Waals surface area (Å²) in [6.45, 7) is 2.85. The molecular weight excluding hydrogens is 276 g/mol. The molecule has 0 aromatic carbocycles. The van der Waals surface area contributed by atoms with Gasteiger partial charge in [0.25, 0.3) is 0 Å². The number of methoxy groups -OCH3 is 1. The molecular formula is C14H18N2O3S. The van der Waals surface area contributed by atoms with E-state index in [-0.39, 0.29) is 0 Å². The fourth-order valence-corrected chi connectivity index (χ4v) is 2.55. The number of hydrogen-bond acceptors (Lipinski definition) is 5. The maximum atomic E-state index is 10.5. The summed E-state index contributed by atoms with van der Waals surface area (Å²) in [6.07, 6.45) is 3.20. The lowest BCUT2D eigenvalue weighted by Gasteiger charge is -2.19. The Bertz CT molecular complexity index is 491. The van der Waals surface area contributed by atoms with E-state index in [1.807, 2.05) is 11.4 Å². The quantitative estimate of drug-likeness (QED) is 0.707. The molecule has 0 bridgehead atoms. The highest BCUT2D eigenvalue weighted by Crippen LogP contribution is 2.18. The number of rotatable bonds is 9. The van der Waals surface area contributed by atoms with E-state index in [0.717, 1.165) is 29.6 Å². The van der Waals surface area contributed by atoms with E-state index in [0.29, 0.717) is 19.6 Å². The van der Waals surface area contributed by atoms with Crippen LogP contribution in [0.3, 0.4) is 0 Å². The molecule has 6 heteroatoms. The van der Waals surface area contributed by atoms with Gasteiger partial charge in [-0.3, -0.25) is 4.90 Å². The Morgan fingerprint density at radius 1 is 1.60 bits per heavy atom. The van der Waals surface area contributed by atoms with Crippen LogP contribution in [0.5, 0.6) is 0 Å². The van der Waals surface area contributed by atoms with Crippen molar-refractivity contribution in [1.82, 2.24) is 4.90 Å². The zero-order chi connectivity index (χ0) is 14.8. The average Bonchev–Trinajstić information content (AvgIpc) is 2.87. The molecule has 1 N–H and O–H groups in total. The topological polar surface area (TPSA) is 73.6 Å². The van der Waals surface area contributed by atoms with Crippen LogP contribution in [-0.2, 0) is 16.1 Å². The summed E-state index contributed by atoms with van der Waals surface area (Å²) in [4.78, 5) is 13.8. The molecule has 1 aromatic heterocycles. The molecule has 0 aliphatic rings. The van der Waals surface area contributed by atoms with E-state index in [1.54, 1.807) is 24.5 Å². The molecule has 0 amide bonds. The van der Waals surface area contributed by atoms with Crippen LogP contribution in [0, 0.1) is 11.3 Å². The van der Waals surface area contributed by atoms with Crippen LogP contribution in [0.25, 0.3) is 6.08 Å². The van der Waals surface area contributed by atoms with Gasteiger partial charge in [0, 0.05) is 44.1 Å². The number of thiophene rings is 1. The smallest absolute Gasteiger partial charge is 0.328 e. The summed E-state index contributed by atoms with van der Waals surface area (Å²) >= 11 is 1.59. The van der Waals surface area contributed by atoms with E-state index >= 15 is 0 Å². The summed E-state index contributed by atoms with van der Waals surface area (Å²) in [6, 6.07) is 4.11. The van der Waals surface area contributed by atoms with E-state index in [2.05, 4.69) is 11.0 Å². The van der Waals surface area contributed by atoms with E-state index in [4.69, 9.17) is 15.1 Å². The first-order valence-electron chi connectivity index (χ1n) is 6.22. The minimum atomic E-state index is -0.950. The van der Waals surface area contributed by atoms with Crippen molar-refractivity contribution in [2.75, 3.05) is 26.8 Å². The maximum Gasteiger partial charge on any atom is 0.328 e. The van der Waals surface area contributed by atoms with Gasteiger partial charge in [-0.05, 0) is 23.1 Å². The molecule has 108 valence electrons. The summed E-state index contributed by atoms with van der Waals surface area (Å²) < 4.78 is 5.06. The zero-order valence-electron chi connectivity index (χ0n) is 11.4. The molecule has 0 fully saturated rings. The van der Waals surface area contributed by atoms with E-state index in [9.17, 15) is 4.79 Å². The fourth-order valence-electron chi connectivity index (χ4n) is 1.65. The van der Waals surface area contributed by atoms with Gasteiger partial charge in [-0.1, -0.05) is 0 Å². The second kappa shape index (κ2) is 9.26. The van der Waals surface area contributed by atoms with Crippen LogP contribution in [0.4, 0.5) is 0 Å². The van der Waals surface area contributed by atoms with Crippen molar-refractivity contribution in [3.8, 4) is 6.07 Å². The lowest BCUT2D eigenvalue weighted by molar-refractivity contribution is -0.131. The van der Waals surface area contributed by atoms with Crippen LogP contribution in [0.15, 0.2) is 17.5 Å². The second-order valence-electron chi connectivity index (χ2n) is 4.19. The van der Waals surface area contributed by atoms with Crippen molar-refractivity contribution < 1.29 is 14.6 Å². The van der Waals surface area contributed by atoms with Crippen molar-refractivity contribution in [3.63, 3.8) is 0 Å². The average molecular weight is 294 g/mol. The van der Waals surface area contributed by atoms with Gasteiger partial charge in [0.1, 0.15) is 0 Å². The molecule has 0 aliphatic carbocycles. The van der Waals surface area contributed by atoms with Crippen molar-refractivity contribution >= 4 is 23.4 Å². The monoisotopic (exact) mass is 294 g/mol. The predicted octanol–water partition coefficient (Wildman–Crippen LogP) is 2.21. The number of hydrogen-bond donors (Lipinski definition) is 1. The highest BCUT2D eigenvalue weighted by atomic mass is 32.1. The molecule has 0 saturated heterocycles. The van der Waals surface area contributed by atoms with Gasteiger partial charge in [0.2, 0.25) is 0 Å². The Balaban J connectivity index is 2.59. The Morgan fingerprint density at radius 2 is 2.40 bits per heavy atom. The summed E-state index contributed by atoms with van der Waals surface area (Å²) in [5.74, 6) is -0.950. The highest BCUT2D eigenvalue weighted by Gasteiger charge is 2.07. The minimum Gasteiger partial charge on any atom is -0.478 e. The van der Waals surface area contributed by atoms with Crippen molar-refractivity contribution in [1.29, 1.82) is 5.26 Å². The number of carbonyl (C=O) groups is 1. The molecule has 0 atom stereocenters. The number of carboxylic acids is 1. The summed E-state index contributed by atoms with van der Waals surface area (Å²) in [5.41, 5.74) is 0.888. The Morgan fingerprint density at radius 3 is 3.05 bits per heavy atom. The summed E-state index contributed by atoms with van der Waals surface area (Å²) in [7, 11) is 1.66. The predicted molar refractivity (Wildman–Crippen MR) is 78.4 cm³/mol. The van der Waals surface area contributed by atoms with Crippen molar-refractivity contribution in [3.05, 3.63) is 28.0 Å². The van der Waals surface area contributed by atoms with Crippen molar-refractivity contribution in [2.24, 2.45) is 0 Å². The van der Waals surface area contributed by atoms with Crippen LogP contribution in [-0.4, -0.2) is 42.8 Å². The van der Waals surface area contributed by atoms with Gasteiger partial charge >= 0.3 is 5.97 Å². The summed E-state index contributed by atoms with van der Waals surface area (Å²) in [5, 5.41) is 19.2. The Hall–Kier alpha value is -1.68. The third-order valence-corrected chi connectivity index (χ3v) is 3.56. The minimum absolute atomic E-state index is 0.487. The molecule has 0 unspecified atom stereocenters. The van der Waals surface area contributed by atoms with E-state index < -0.39 is 5.97 Å². The first-order chi connectivity index (χ1) is 9.65. The molecule has 5 nitrogen and oxygen atoms in total. The standard InChI is InChI=1S/C14H18N2O3S/c1-19-8-7-16(6-2-5-15)10-13-9-12(11-20-13)3-4-14(17)18/h3-4,9,11H,2,6-8,10H2,1H3,(H,17,18). The number of carboxylic acid groups (broad SMARTS) is 1. The van der Waals surface area contributed by atoms with Crippen LogP contribution in [0.1, 0.15) is 16.9 Å². The molecule has 1 rings (SSSR count). The van der Waals surface area contributed by atoms with Gasteiger partial charge < -0.3 is 9.84 Å². The molecule has 0 saturated carbocycles. The molecule has 0 aliphatic heterocycles. The largest absolute Gasteiger partial charge is 0.478 e. The van der Waals surface area contributed by atoms with Gasteiger partial charge in [0.15, 0.2) is 0 Å². The molecule has 1 aromatic rings. The first-order valence-corrected chi connectivity index (χ1v) is 7.10. The third-order valence-electron chi connectivity index (χ3n) is 2.62. The molecule has 20 heavy (non-hydrogen) atoms. The molecule has 0 spiro atoms. The Kier molecular flexibility index (Phi) is 7.58. The SMILES string of the molecule is COCCN(CCC#N)Cc1cc(C=CC(=O)O)cs1.